The van der Waals surface area contributed by atoms with E-state index >= 15 is 0 Å². The van der Waals surface area contributed by atoms with Gasteiger partial charge in [0.25, 0.3) is 0 Å². The van der Waals surface area contributed by atoms with Crippen LogP contribution in [0, 0.1) is 0 Å². The van der Waals surface area contributed by atoms with E-state index in [9.17, 15) is 0 Å². The highest BCUT2D eigenvalue weighted by Crippen LogP contribution is 2.15. The van der Waals surface area contributed by atoms with E-state index in [4.69, 9.17) is 29.6 Å². The minimum absolute atomic E-state index is 0.248. The molecular weight excluding hydrogens is 290 g/mol. The Morgan fingerprint density at radius 3 is 2.60 bits per heavy atom. The highest BCUT2D eigenvalue weighted by molar-refractivity contribution is 7.80. The summed E-state index contributed by atoms with van der Waals surface area (Å²) in [5, 5.41) is 0.806. The number of nitrogens with zero attached hydrogens (tertiary/aromatic N) is 2. The molecule has 0 amide bonds. The van der Waals surface area contributed by atoms with Gasteiger partial charge in [0.1, 0.15) is 0 Å². The molecule has 2 N–H and O–H groups in total. The maximum absolute atomic E-state index is 6.03. The first-order valence-corrected chi connectivity index (χ1v) is 7.89. The molecule has 1 aliphatic heterocycles. The van der Waals surface area contributed by atoms with E-state index in [2.05, 4.69) is 22.8 Å². The van der Waals surface area contributed by atoms with Crippen LogP contribution in [-0.4, -0.2) is 47.0 Å². The quantitative estimate of drug-likeness (QED) is 0.847. The Kier molecular flexibility index (Phi) is 5.78. The van der Waals surface area contributed by atoms with Gasteiger partial charge in [0.15, 0.2) is 0 Å². The molecule has 1 unspecified atom stereocenters. The third-order valence-electron chi connectivity index (χ3n) is 3.86. The average Bonchev–Trinajstić information content (AvgIpc) is 2.41. The fraction of sp³-hybridized carbons (Fsp3) is 0.533. The van der Waals surface area contributed by atoms with Crippen molar-refractivity contribution in [3.8, 4) is 0 Å². The summed E-state index contributed by atoms with van der Waals surface area (Å²) in [5.74, 6) is 0. The van der Waals surface area contributed by atoms with Gasteiger partial charge in [0.05, 0.1) is 11.0 Å². The van der Waals surface area contributed by atoms with Crippen LogP contribution in [0.15, 0.2) is 24.3 Å². The molecule has 0 saturated carbocycles. The third kappa shape index (κ3) is 4.16. The number of halogens is 1. The van der Waals surface area contributed by atoms with E-state index in [1.54, 1.807) is 0 Å². The van der Waals surface area contributed by atoms with E-state index in [0.29, 0.717) is 4.99 Å². The molecular formula is C15H22ClN3S. The van der Waals surface area contributed by atoms with Crippen molar-refractivity contribution in [1.82, 2.24) is 9.80 Å². The number of piperazine rings is 1. The summed E-state index contributed by atoms with van der Waals surface area (Å²) in [4.78, 5) is 5.47. The molecule has 0 aromatic heterocycles. The summed E-state index contributed by atoms with van der Waals surface area (Å²) in [6.45, 7) is 7.24. The zero-order valence-electron chi connectivity index (χ0n) is 11.9. The summed E-state index contributed by atoms with van der Waals surface area (Å²) in [6.07, 6.45) is 0.990. The largest absolute Gasteiger partial charge is 0.392 e. The topological polar surface area (TPSA) is 32.5 Å². The van der Waals surface area contributed by atoms with Crippen molar-refractivity contribution in [3.63, 3.8) is 0 Å². The van der Waals surface area contributed by atoms with Crippen LogP contribution in [0.4, 0.5) is 0 Å². The molecule has 0 bridgehead atoms. The lowest BCUT2D eigenvalue weighted by Crippen LogP contribution is -2.53. The molecule has 1 saturated heterocycles. The SMILES string of the molecule is CCC(C(N)=S)N1CCN(Cc2cccc(Cl)c2)CC1. The van der Waals surface area contributed by atoms with E-state index < -0.39 is 0 Å². The zero-order valence-corrected chi connectivity index (χ0v) is 13.5. The highest BCUT2D eigenvalue weighted by Gasteiger charge is 2.24. The van der Waals surface area contributed by atoms with Crippen LogP contribution >= 0.6 is 23.8 Å². The fourth-order valence-corrected chi connectivity index (χ4v) is 3.29. The standard InChI is InChI=1S/C15H22ClN3S/c1-2-14(15(17)20)19-8-6-18(7-9-19)11-12-4-3-5-13(16)10-12/h3-5,10,14H,2,6-9,11H2,1H3,(H2,17,20). The van der Waals surface area contributed by atoms with Gasteiger partial charge in [-0.3, -0.25) is 9.80 Å². The molecule has 1 atom stereocenters. The van der Waals surface area contributed by atoms with Gasteiger partial charge in [0.2, 0.25) is 0 Å². The lowest BCUT2D eigenvalue weighted by atomic mass is 10.1. The lowest BCUT2D eigenvalue weighted by Gasteiger charge is -2.38. The predicted molar refractivity (Wildman–Crippen MR) is 89.2 cm³/mol. The van der Waals surface area contributed by atoms with Gasteiger partial charge in [0, 0.05) is 37.7 Å². The fourth-order valence-electron chi connectivity index (χ4n) is 2.77. The van der Waals surface area contributed by atoms with Crippen LogP contribution in [-0.2, 0) is 6.54 Å². The minimum atomic E-state index is 0.248. The van der Waals surface area contributed by atoms with Crippen molar-refractivity contribution in [2.24, 2.45) is 5.73 Å². The van der Waals surface area contributed by atoms with Gasteiger partial charge in [-0.2, -0.15) is 0 Å². The van der Waals surface area contributed by atoms with E-state index in [1.807, 2.05) is 18.2 Å². The van der Waals surface area contributed by atoms with Crippen LogP contribution in [0.2, 0.25) is 5.02 Å². The smallest absolute Gasteiger partial charge is 0.0901 e. The Morgan fingerprint density at radius 1 is 1.35 bits per heavy atom. The summed E-state index contributed by atoms with van der Waals surface area (Å²) in [5.41, 5.74) is 7.09. The minimum Gasteiger partial charge on any atom is -0.392 e. The predicted octanol–water partition coefficient (Wildman–Crippen LogP) is 2.52. The molecule has 0 aliphatic carbocycles. The van der Waals surface area contributed by atoms with Gasteiger partial charge >= 0.3 is 0 Å². The van der Waals surface area contributed by atoms with Crippen molar-refractivity contribution in [1.29, 1.82) is 0 Å². The first kappa shape index (κ1) is 15.7. The number of rotatable bonds is 5. The monoisotopic (exact) mass is 311 g/mol. The van der Waals surface area contributed by atoms with Crippen LogP contribution in [0.25, 0.3) is 0 Å². The number of hydrogen-bond acceptors (Lipinski definition) is 3. The molecule has 110 valence electrons. The molecule has 1 aromatic rings. The molecule has 0 spiro atoms. The van der Waals surface area contributed by atoms with Crippen molar-refractivity contribution in [2.45, 2.75) is 25.9 Å². The van der Waals surface area contributed by atoms with Crippen LogP contribution < -0.4 is 5.73 Å². The Balaban J connectivity index is 1.86. The molecule has 1 aliphatic rings. The number of thiocarbonyl (C=S) groups is 1. The molecule has 0 radical (unpaired) electrons. The number of nitrogens with two attached hydrogens (primary N) is 1. The van der Waals surface area contributed by atoms with Crippen molar-refractivity contribution in [2.75, 3.05) is 26.2 Å². The summed E-state index contributed by atoms with van der Waals surface area (Å²) in [6, 6.07) is 8.34. The van der Waals surface area contributed by atoms with E-state index in [0.717, 1.165) is 44.2 Å². The van der Waals surface area contributed by atoms with Gasteiger partial charge in [-0.05, 0) is 24.1 Å². The van der Waals surface area contributed by atoms with Crippen LogP contribution in [0.5, 0.6) is 0 Å². The Hall–Kier alpha value is -0.680. The summed E-state index contributed by atoms with van der Waals surface area (Å²) < 4.78 is 0. The molecule has 1 aromatic carbocycles. The number of benzene rings is 1. The number of hydrogen-bond donors (Lipinski definition) is 1. The van der Waals surface area contributed by atoms with E-state index in [1.165, 1.54) is 5.56 Å². The Labute approximate surface area is 131 Å². The lowest BCUT2D eigenvalue weighted by molar-refractivity contribution is 0.112. The van der Waals surface area contributed by atoms with Crippen molar-refractivity contribution < 1.29 is 0 Å². The van der Waals surface area contributed by atoms with Gasteiger partial charge in [-0.15, -0.1) is 0 Å². The summed E-state index contributed by atoms with van der Waals surface area (Å²) >= 11 is 11.2. The van der Waals surface area contributed by atoms with Crippen LogP contribution in [0.1, 0.15) is 18.9 Å². The van der Waals surface area contributed by atoms with Gasteiger partial charge in [-0.25, -0.2) is 0 Å². The maximum atomic E-state index is 6.03. The molecule has 1 fully saturated rings. The van der Waals surface area contributed by atoms with Gasteiger partial charge < -0.3 is 5.73 Å². The average molecular weight is 312 g/mol. The van der Waals surface area contributed by atoms with Crippen LogP contribution in [0.3, 0.4) is 0 Å². The first-order chi connectivity index (χ1) is 9.60. The second kappa shape index (κ2) is 7.36. The van der Waals surface area contributed by atoms with Gasteiger partial charge in [-0.1, -0.05) is 42.9 Å². The molecule has 2 rings (SSSR count). The van der Waals surface area contributed by atoms with E-state index in [-0.39, 0.29) is 6.04 Å². The normalized spacial score (nSPS) is 18.9. The molecule has 20 heavy (non-hydrogen) atoms. The third-order valence-corrected chi connectivity index (χ3v) is 4.37. The second-order valence-corrected chi connectivity index (χ2v) is 6.18. The first-order valence-electron chi connectivity index (χ1n) is 7.10. The summed E-state index contributed by atoms with van der Waals surface area (Å²) in [7, 11) is 0. The Morgan fingerprint density at radius 2 is 2.05 bits per heavy atom. The van der Waals surface area contributed by atoms with Crippen molar-refractivity contribution in [3.05, 3.63) is 34.9 Å². The second-order valence-electron chi connectivity index (χ2n) is 5.27. The Bertz CT molecular complexity index is 458. The molecule has 3 nitrogen and oxygen atoms in total. The highest BCUT2D eigenvalue weighted by atomic mass is 35.5. The maximum Gasteiger partial charge on any atom is 0.0901 e. The van der Waals surface area contributed by atoms with Crippen molar-refractivity contribution >= 4 is 28.8 Å². The molecule has 1 heterocycles. The molecule has 5 heteroatoms. The zero-order chi connectivity index (χ0) is 14.5.